The van der Waals surface area contributed by atoms with Crippen LogP contribution in [0.5, 0.6) is 0 Å². The Morgan fingerprint density at radius 2 is 1.76 bits per heavy atom. The number of likely N-dealkylation sites (tertiary alicyclic amines) is 1. The van der Waals surface area contributed by atoms with E-state index < -0.39 is 0 Å². The largest absolute Gasteiger partial charge is 0.368 e. The Hall–Kier alpha value is -1.75. The fourth-order valence-corrected chi connectivity index (χ4v) is 3.81. The number of halogens is 1. The molecule has 2 aliphatic rings. The minimum atomic E-state index is -0.144. The van der Waals surface area contributed by atoms with Gasteiger partial charge in [0.2, 0.25) is 11.8 Å². The molecule has 0 aliphatic carbocycles. The lowest BCUT2D eigenvalue weighted by atomic mass is 9.97. The van der Waals surface area contributed by atoms with Crippen molar-refractivity contribution in [3.05, 3.63) is 29.3 Å². The van der Waals surface area contributed by atoms with E-state index in [9.17, 15) is 9.59 Å². The van der Waals surface area contributed by atoms with Gasteiger partial charge in [-0.15, -0.1) is 0 Å². The number of benzene rings is 1. The van der Waals surface area contributed by atoms with Crippen molar-refractivity contribution in [2.24, 2.45) is 5.92 Å². The molecular formula is C19H26ClN3O2. The van der Waals surface area contributed by atoms with E-state index in [0.29, 0.717) is 19.5 Å². The van der Waals surface area contributed by atoms with Crippen LogP contribution in [0.2, 0.25) is 5.02 Å². The smallest absolute Gasteiger partial charge is 0.225 e. The molecule has 2 heterocycles. The Bertz CT molecular complexity index is 612. The molecule has 0 aromatic heterocycles. The molecular weight excluding hydrogens is 338 g/mol. The quantitative estimate of drug-likeness (QED) is 0.829. The molecule has 0 N–H and O–H groups in total. The number of carbonyl (C=O) groups excluding carboxylic acids is 2. The average Bonchev–Trinajstić information content (AvgIpc) is 2.78. The highest BCUT2D eigenvalue weighted by Crippen LogP contribution is 2.23. The molecule has 0 saturated carbocycles. The minimum absolute atomic E-state index is 0.115. The first kappa shape index (κ1) is 18.1. The van der Waals surface area contributed by atoms with Gasteiger partial charge >= 0.3 is 0 Å². The fraction of sp³-hybridized carbons (Fsp3) is 0.579. The maximum atomic E-state index is 12.6. The van der Waals surface area contributed by atoms with E-state index in [1.165, 1.54) is 0 Å². The number of amides is 2. The fourth-order valence-electron chi connectivity index (χ4n) is 3.68. The van der Waals surface area contributed by atoms with E-state index in [0.717, 1.165) is 49.6 Å². The first-order valence-electron chi connectivity index (χ1n) is 9.08. The first-order valence-corrected chi connectivity index (χ1v) is 9.45. The zero-order valence-corrected chi connectivity index (χ0v) is 15.5. The molecule has 1 aromatic rings. The monoisotopic (exact) mass is 363 g/mol. The van der Waals surface area contributed by atoms with Crippen LogP contribution in [0.1, 0.15) is 25.7 Å². The zero-order valence-electron chi connectivity index (χ0n) is 14.8. The third-order valence-corrected chi connectivity index (χ3v) is 5.52. The maximum Gasteiger partial charge on any atom is 0.225 e. The van der Waals surface area contributed by atoms with E-state index in [-0.39, 0.29) is 17.7 Å². The lowest BCUT2D eigenvalue weighted by molar-refractivity contribution is -0.140. The molecule has 0 radical (unpaired) electrons. The number of anilines is 1. The molecule has 1 unspecified atom stereocenters. The summed E-state index contributed by atoms with van der Waals surface area (Å²) in [5, 5.41) is 0.732. The van der Waals surface area contributed by atoms with Crippen LogP contribution in [0.15, 0.2) is 24.3 Å². The molecule has 3 rings (SSSR count). The van der Waals surface area contributed by atoms with E-state index in [1.54, 1.807) is 4.90 Å². The SMILES string of the molecule is CN1CCCCC(CC(=O)N2CCN(c3ccc(Cl)cc3)CC2)C1=O. The molecule has 0 spiro atoms. The third kappa shape index (κ3) is 4.46. The predicted molar refractivity (Wildman–Crippen MR) is 99.8 cm³/mol. The number of hydrogen-bond donors (Lipinski definition) is 0. The molecule has 2 saturated heterocycles. The van der Waals surface area contributed by atoms with Crippen molar-refractivity contribution in [3.63, 3.8) is 0 Å². The Balaban J connectivity index is 1.52. The van der Waals surface area contributed by atoms with E-state index >= 15 is 0 Å². The van der Waals surface area contributed by atoms with Crippen LogP contribution in [0.25, 0.3) is 0 Å². The molecule has 0 bridgehead atoms. The highest BCUT2D eigenvalue weighted by Gasteiger charge is 2.29. The topological polar surface area (TPSA) is 43.9 Å². The Morgan fingerprint density at radius 3 is 2.44 bits per heavy atom. The molecule has 6 heteroatoms. The molecule has 136 valence electrons. The van der Waals surface area contributed by atoms with E-state index in [4.69, 9.17) is 11.6 Å². The van der Waals surface area contributed by atoms with Crippen molar-refractivity contribution >= 4 is 29.1 Å². The summed E-state index contributed by atoms with van der Waals surface area (Å²) in [5.41, 5.74) is 1.14. The summed E-state index contributed by atoms with van der Waals surface area (Å²) in [4.78, 5) is 31.0. The van der Waals surface area contributed by atoms with Gasteiger partial charge in [0.1, 0.15) is 0 Å². The molecule has 5 nitrogen and oxygen atoms in total. The van der Waals surface area contributed by atoms with E-state index in [1.807, 2.05) is 36.2 Å². The van der Waals surface area contributed by atoms with Crippen molar-refractivity contribution in [2.75, 3.05) is 44.7 Å². The van der Waals surface area contributed by atoms with Crippen molar-refractivity contribution in [1.82, 2.24) is 9.80 Å². The van der Waals surface area contributed by atoms with E-state index in [2.05, 4.69) is 4.90 Å². The summed E-state index contributed by atoms with van der Waals surface area (Å²) in [6, 6.07) is 7.81. The highest BCUT2D eigenvalue weighted by molar-refractivity contribution is 6.30. The van der Waals surface area contributed by atoms with Crippen LogP contribution < -0.4 is 4.90 Å². The average molecular weight is 364 g/mol. The standard InChI is InChI=1S/C19H26ClN3O2/c1-21-9-3-2-4-15(19(21)25)14-18(24)23-12-10-22(11-13-23)17-7-5-16(20)6-8-17/h5-8,15H,2-4,9-14H2,1H3. The van der Waals surface area contributed by atoms with Gasteiger partial charge in [0.25, 0.3) is 0 Å². The Morgan fingerprint density at radius 1 is 1.08 bits per heavy atom. The second-order valence-corrected chi connectivity index (χ2v) is 7.44. The van der Waals surface area contributed by atoms with Gasteiger partial charge in [0.15, 0.2) is 0 Å². The second-order valence-electron chi connectivity index (χ2n) is 7.00. The van der Waals surface area contributed by atoms with Crippen molar-refractivity contribution in [3.8, 4) is 0 Å². The number of rotatable bonds is 3. The van der Waals surface area contributed by atoms with Gasteiger partial charge in [0.05, 0.1) is 0 Å². The van der Waals surface area contributed by atoms with Crippen molar-refractivity contribution in [1.29, 1.82) is 0 Å². The van der Waals surface area contributed by atoms with Crippen LogP contribution in [0.3, 0.4) is 0 Å². The molecule has 2 aliphatic heterocycles. The predicted octanol–water partition coefficient (Wildman–Crippen LogP) is 2.64. The molecule has 1 aromatic carbocycles. The molecule has 25 heavy (non-hydrogen) atoms. The van der Waals surface area contributed by atoms with Crippen molar-refractivity contribution < 1.29 is 9.59 Å². The van der Waals surface area contributed by atoms with Crippen LogP contribution in [0, 0.1) is 5.92 Å². The van der Waals surface area contributed by atoms with Gasteiger partial charge in [-0.3, -0.25) is 9.59 Å². The number of carbonyl (C=O) groups is 2. The maximum absolute atomic E-state index is 12.6. The van der Waals surface area contributed by atoms with Crippen LogP contribution in [-0.4, -0.2) is 61.4 Å². The van der Waals surface area contributed by atoms with Crippen LogP contribution in [0.4, 0.5) is 5.69 Å². The van der Waals surface area contributed by atoms with Gasteiger partial charge in [0, 0.05) is 62.8 Å². The Labute approximate surface area is 154 Å². The third-order valence-electron chi connectivity index (χ3n) is 5.27. The number of hydrogen-bond acceptors (Lipinski definition) is 3. The van der Waals surface area contributed by atoms with Gasteiger partial charge in [-0.2, -0.15) is 0 Å². The molecule has 2 fully saturated rings. The summed E-state index contributed by atoms with van der Waals surface area (Å²) < 4.78 is 0. The number of nitrogens with zero attached hydrogens (tertiary/aromatic N) is 3. The van der Waals surface area contributed by atoms with Gasteiger partial charge in [-0.05, 0) is 37.1 Å². The zero-order chi connectivity index (χ0) is 17.8. The lowest BCUT2D eigenvalue weighted by Gasteiger charge is -2.36. The summed E-state index contributed by atoms with van der Waals surface area (Å²) in [5.74, 6) is 0.101. The second kappa shape index (κ2) is 8.09. The van der Waals surface area contributed by atoms with Crippen LogP contribution >= 0.6 is 11.6 Å². The number of piperazine rings is 1. The summed E-state index contributed by atoms with van der Waals surface area (Å²) in [6.45, 7) is 3.84. The highest BCUT2D eigenvalue weighted by atomic mass is 35.5. The molecule has 2 amide bonds. The first-order chi connectivity index (χ1) is 12.0. The van der Waals surface area contributed by atoms with Gasteiger partial charge in [-0.25, -0.2) is 0 Å². The lowest BCUT2D eigenvalue weighted by Crippen LogP contribution is -2.49. The summed E-state index contributed by atoms with van der Waals surface area (Å²) >= 11 is 5.94. The summed E-state index contributed by atoms with van der Waals surface area (Å²) in [6.07, 6.45) is 3.24. The normalized spacial score (nSPS) is 22.1. The van der Waals surface area contributed by atoms with Crippen molar-refractivity contribution in [2.45, 2.75) is 25.7 Å². The van der Waals surface area contributed by atoms with Gasteiger partial charge < -0.3 is 14.7 Å². The Kier molecular flexibility index (Phi) is 5.84. The molecule has 1 atom stereocenters. The van der Waals surface area contributed by atoms with Gasteiger partial charge in [-0.1, -0.05) is 18.0 Å². The minimum Gasteiger partial charge on any atom is -0.368 e. The van der Waals surface area contributed by atoms with Crippen LogP contribution in [-0.2, 0) is 9.59 Å². The summed E-state index contributed by atoms with van der Waals surface area (Å²) in [7, 11) is 1.84.